The van der Waals surface area contributed by atoms with E-state index in [-0.39, 0.29) is 6.42 Å². The number of benzene rings is 2. The van der Waals surface area contributed by atoms with Gasteiger partial charge in [0.15, 0.2) is 0 Å². The molecule has 1 amide bonds. The molecule has 0 saturated carbocycles. The predicted octanol–water partition coefficient (Wildman–Crippen LogP) is 4.52. The smallest absolute Gasteiger partial charge is 0.408 e. The van der Waals surface area contributed by atoms with Crippen LogP contribution in [0.1, 0.15) is 49.2 Å². The lowest BCUT2D eigenvalue weighted by Crippen LogP contribution is -2.37. The van der Waals surface area contributed by atoms with Crippen LogP contribution in [-0.4, -0.2) is 30.0 Å². The van der Waals surface area contributed by atoms with E-state index in [1.165, 1.54) is 0 Å². The van der Waals surface area contributed by atoms with Gasteiger partial charge in [0, 0.05) is 12.6 Å². The van der Waals surface area contributed by atoms with E-state index in [0.29, 0.717) is 5.56 Å². The minimum Gasteiger partial charge on any atom is -0.453 e. The van der Waals surface area contributed by atoms with Crippen molar-refractivity contribution in [2.75, 3.05) is 0 Å². The van der Waals surface area contributed by atoms with E-state index in [9.17, 15) is 9.59 Å². The third-order valence-corrected chi connectivity index (χ3v) is 3.81. The molecule has 0 aromatic heterocycles. The second-order valence-electron chi connectivity index (χ2n) is 7.32. The van der Waals surface area contributed by atoms with E-state index in [4.69, 9.17) is 14.9 Å². The lowest BCUT2D eigenvalue weighted by atomic mass is 10.0. The number of amides is 1. The van der Waals surface area contributed by atoms with Crippen LogP contribution in [0.15, 0.2) is 60.7 Å². The van der Waals surface area contributed by atoms with Crippen LogP contribution in [0.4, 0.5) is 4.79 Å². The summed E-state index contributed by atoms with van der Waals surface area (Å²) in [7, 11) is 0. The minimum absolute atomic E-state index is 0.214. The molecule has 2 aromatic carbocycles. The molecule has 0 heterocycles. The highest BCUT2D eigenvalue weighted by molar-refractivity contribution is 5.90. The number of rotatable bonds is 7. The molecular weight excluding hydrogens is 356 g/mol. The quantitative estimate of drug-likeness (QED) is 0.544. The highest BCUT2D eigenvalue weighted by Crippen LogP contribution is 2.21. The Morgan fingerprint density at radius 2 is 1.61 bits per heavy atom. The maximum absolute atomic E-state index is 12.3. The first-order chi connectivity index (χ1) is 13.3. The van der Waals surface area contributed by atoms with Gasteiger partial charge in [0.1, 0.15) is 11.7 Å². The molecule has 0 aliphatic rings. The Hall–Kier alpha value is -3.15. The summed E-state index contributed by atoms with van der Waals surface area (Å²) in [4.78, 5) is 24.6. The van der Waals surface area contributed by atoms with Crippen molar-refractivity contribution in [2.45, 2.75) is 44.9 Å². The molecule has 0 fully saturated rings. The van der Waals surface area contributed by atoms with Crippen molar-refractivity contribution < 1.29 is 19.1 Å². The van der Waals surface area contributed by atoms with Gasteiger partial charge in [-0.15, -0.1) is 0 Å². The normalized spacial score (nSPS) is 13.1. The van der Waals surface area contributed by atoms with Gasteiger partial charge in [0.05, 0.1) is 11.6 Å². The highest BCUT2D eigenvalue weighted by Gasteiger charge is 2.24. The average Bonchev–Trinajstić information content (AvgIpc) is 2.66. The van der Waals surface area contributed by atoms with E-state index in [1.54, 1.807) is 51.1 Å². The monoisotopic (exact) mass is 382 g/mol. The second-order valence-corrected chi connectivity index (χ2v) is 7.32. The van der Waals surface area contributed by atoms with Gasteiger partial charge in [-0.05, 0) is 38.5 Å². The lowest BCUT2D eigenvalue weighted by molar-refractivity contribution is 0.0380. The van der Waals surface area contributed by atoms with Crippen molar-refractivity contribution in [2.24, 2.45) is 0 Å². The molecule has 28 heavy (non-hydrogen) atoms. The van der Waals surface area contributed by atoms with Crippen LogP contribution in [0.25, 0.3) is 0 Å². The first-order valence-corrected chi connectivity index (χ1v) is 9.09. The molecule has 0 aliphatic heterocycles. The Morgan fingerprint density at radius 3 is 2.14 bits per heavy atom. The maximum atomic E-state index is 12.3. The molecule has 0 aliphatic carbocycles. The number of ether oxygens (including phenoxy) is 2. The SMILES string of the molecule is CC(C)(C)OC(=O)NC(CC(C=N)OC(=O)c1ccccc1)c1ccccc1. The zero-order chi connectivity index (χ0) is 20.6. The molecule has 2 unspecified atom stereocenters. The molecule has 148 valence electrons. The van der Waals surface area contributed by atoms with E-state index in [1.807, 2.05) is 30.3 Å². The highest BCUT2D eigenvalue weighted by atomic mass is 16.6. The van der Waals surface area contributed by atoms with E-state index >= 15 is 0 Å². The van der Waals surface area contributed by atoms with E-state index in [2.05, 4.69) is 5.32 Å². The van der Waals surface area contributed by atoms with E-state index < -0.39 is 29.8 Å². The van der Waals surface area contributed by atoms with Crippen molar-refractivity contribution in [3.8, 4) is 0 Å². The molecular formula is C22H26N2O4. The number of hydrogen-bond donors (Lipinski definition) is 2. The topological polar surface area (TPSA) is 88.5 Å². The van der Waals surface area contributed by atoms with Gasteiger partial charge in [0.25, 0.3) is 0 Å². The molecule has 0 saturated heterocycles. The van der Waals surface area contributed by atoms with Gasteiger partial charge >= 0.3 is 12.1 Å². The largest absolute Gasteiger partial charge is 0.453 e. The number of nitrogens with one attached hydrogen (secondary N) is 2. The summed E-state index contributed by atoms with van der Waals surface area (Å²) in [6.45, 7) is 5.35. The number of carbonyl (C=O) groups excluding carboxylic acids is 2. The fourth-order valence-corrected chi connectivity index (χ4v) is 2.58. The van der Waals surface area contributed by atoms with Gasteiger partial charge in [0.2, 0.25) is 0 Å². The van der Waals surface area contributed by atoms with Gasteiger partial charge in [-0.1, -0.05) is 48.5 Å². The first-order valence-electron chi connectivity index (χ1n) is 9.09. The van der Waals surface area contributed by atoms with E-state index in [0.717, 1.165) is 11.8 Å². The first kappa shape index (κ1) is 21.2. The molecule has 2 rings (SSSR count). The van der Waals surface area contributed by atoms with Gasteiger partial charge in [-0.3, -0.25) is 0 Å². The van der Waals surface area contributed by atoms with Crippen molar-refractivity contribution in [1.29, 1.82) is 5.41 Å². The maximum Gasteiger partial charge on any atom is 0.408 e. The standard InChI is InChI=1S/C22H26N2O4/c1-22(2,3)28-21(26)24-19(16-10-6-4-7-11-16)14-18(15-23)27-20(25)17-12-8-5-9-13-17/h4-13,15,18-19,23H,14H2,1-3H3,(H,24,26). The Morgan fingerprint density at radius 1 is 1.04 bits per heavy atom. The summed E-state index contributed by atoms with van der Waals surface area (Å²) in [6, 6.07) is 17.4. The molecule has 2 aromatic rings. The van der Waals surface area contributed by atoms with Crippen LogP contribution in [0.2, 0.25) is 0 Å². The Labute approximate surface area is 165 Å². The molecule has 0 spiro atoms. The summed E-state index contributed by atoms with van der Waals surface area (Å²) >= 11 is 0. The van der Waals surface area contributed by atoms with Crippen LogP contribution in [-0.2, 0) is 9.47 Å². The fraction of sp³-hybridized carbons (Fsp3) is 0.318. The molecule has 2 N–H and O–H groups in total. The zero-order valence-electron chi connectivity index (χ0n) is 16.3. The number of hydrogen-bond acceptors (Lipinski definition) is 5. The summed E-state index contributed by atoms with van der Waals surface area (Å²) in [5.74, 6) is -0.516. The molecule has 0 radical (unpaired) electrons. The Kier molecular flexibility index (Phi) is 7.32. The third-order valence-electron chi connectivity index (χ3n) is 3.81. The van der Waals surface area contributed by atoms with Crippen molar-refractivity contribution >= 4 is 18.3 Å². The average molecular weight is 382 g/mol. The molecule has 2 atom stereocenters. The number of esters is 1. The second kappa shape index (κ2) is 9.69. The fourth-order valence-electron chi connectivity index (χ4n) is 2.58. The minimum atomic E-state index is -0.798. The number of carbonyl (C=O) groups is 2. The van der Waals surface area contributed by atoms with Crippen molar-refractivity contribution in [1.82, 2.24) is 5.32 Å². The van der Waals surface area contributed by atoms with Crippen molar-refractivity contribution in [3.63, 3.8) is 0 Å². The summed E-state index contributed by atoms with van der Waals surface area (Å²) in [5, 5.41) is 10.5. The Balaban J connectivity index is 2.12. The van der Waals surface area contributed by atoms with Gasteiger partial charge in [-0.25, -0.2) is 9.59 Å². The third kappa shape index (κ3) is 6.87. The molecule has 6 heteroatoms. The van der Waals surface area contributed by atoms with Gasteiger partial charge < -0.3 is 20.2 Å². The van der Waals surface area contributed by atoms with Crippen LogP contribution in [0, 0.1) is 5.41 Å². The zero-order valence-corrected chi connectivity index (χ0v) is 16.3. The summed E-state index contributed by atoms with van der Waals surface area (Å²) in [6.07, 6.45) is -0.0916. The number of alkyl carbamates (subject to hydrolysis) is 1. The van der Waals surface area contributed by atoms with Crippen LogP contribution in [0.3, 0.4) is 0 Å². The molecule has 6 nitrogen and oxygen atoms in total. The Bertz CT molecular complexity index is 785. The summed E-state index contributed by atoms with van der Waals surface area (Å²) < 4.78 is 10.8. The van der Waals surface area contributed by atoms with Crippen LogP contribution < -0.4 is 5.32 Å². The molecule has 0 bridgehead atoms. The van der Waals surface area contributed by atoms with Crippen LogP contribution in [0.5, 0.6) is 0 Å². The lowest BCUT2D eigenvalue weighted by Gasteiger charge is -2.25. The van der Waals surface area contributed by atoms with Crippen LogP contribution >= 0.6 is 0 Å². The summed E-state index contributed by atoms with van der Waals surface area (Å²) in [5.41, 5.74) is 0.605. The van der Waals surface area contributed by atoms with Crippen molar-refractivity contribution in [3.05, 3.63) is 71.8 Å². The predicted molar refractivity (Wildman–Crippen MR) is 108 cm³/mol. The van der Waals surface area contributed by atoms with Gasteiger partial charge in [-0.2, -0.15) is 0 Å².